The maximum Gasteiger partial charge on any atom is 0.338 e. The molecule has 0 saturated heterocycles. The number of ether oxygens (including phenoxy) is 3. The first-order valence-electron chi connectivity index (χ1n) is 9.38. The average Bonchev–Trinajstić information content (AvgIpc) is 2.76. The molecule has 30 heavy (non-hydrogen) atoms. The van der Waals surface area contributed by atoms with E-state index in [-0.39, 0.29) is 6.61 Å². The fraction of sp³-hybridized carbons (Fsp3) is 0.273. The number of rotatable bonds is 8. The molecule has 0 fully saturated rings. The Labute approximate surface area is 179 Å². The van der Waals surface area contributed by atoms with E-state index < -0.39 is 18.0 Å². The van der Waals surface area contributed by atoms with Gasteiger partial charge in [-0.25, -0.2) is 9.59 Å². The normalized spacial score (nSPS) is 15.8. The van der Waals surface area contributed by atoms with E-state index in [4.69, 9.17) is 14.2 Å². The van der Waals surface area contributed by atoms with E-state index in [0.717, 1.165) is 4.90 Å². The van der Waals surface area contributed by atoms with Gasteiger partial charge in [-0.1, -0.05) is 18.2 Å². The number of esters is 1. The van der Waals surface area contributed by atoms with Gasteiger partial charge in [0.1, 0.15) is 18.1 Å². The highest BCUT2D eigenvalue weighted by molar-refractivity contribution is 7.99. The zero-order valence-electron chi connectivity index (χ0n) is 17.1. The minimum absolute atomic E-state index is 0.241. The van der Waals surface area contributed by atoms with E-state index >= 15 is 0 Å². The van der Waals surface area contributed by atoms with E-state index in [1.165, 1.54) is 7.11 Å². The monoisotopic (exact) mass is 428 g/mol. The highest BCUT2D eigenvalue weighted by Gasteiger charge is 2.34. The Morgan fingerprint density at radius 2 is 1.87 bits per heavy atom. The quantitative estimate of drug-likeness (QED) is 0.379. The lowest BCUT2D eigenvalue weighted by atomic mass is 9.94. The van der Waals surface area contributed by atoms with Crippen molar-refractivity contribution in [2.75, 3.05) is 26.6 Å². The number of hydrogen-bond acceptors (Lipinski definition) is 6. The highest BCUT2D eigenvalue weighted by atomic mass is 32.2. The van der Waals surface area contributed by atoms with Crippen molar-refractivity contribution >= 4 is 23.8 Å². The van der Waals surface area contributed by atoms with Crippen molar-refractivity contribution < 1.29 is 23.8 Å². The summed E-state index contributed by atoms with van der Waals surface area (Å²) in [5.41, 5.74) is 1.37. The highest BCUT2D eigenvalue weighted by Crippen LogP contribution is 2.35. The first kappa shape index (κ1) is 21.6. The largest absolute Gasteiger partial charge is 0.497 e. The van der Waals surface area contributed by atoms with Crippen LogP contribution in [0.5, 0.6) is 11.5 Å². The van der Waals surface area contributed by atoms with Crippen LogP contribution in [0.2, 0.25) is 0 Å². The topological polar surface area (TPSA) is 85.9 Å². The average molecular weight is 429 g/mol. The number of benzene rings is 2. The van der Waals surface area contributed by atoms with Gasteiger partial charge in [-0.3, -0.25) is 0 Å². The van der Waals surface area contributed by atoms with Crippen LogP contribution in [0.15, 0.2) is 64.7 Å². The maximum atomic E-state index is 12.9. The van der Waals surface area contributed by atoms with Crippen LogP contribution in [-0.4, -0.2) is 38.6 Å². The van der Waals surface area contributed by atoms with Crippen molar-refractivity contribution in [2.24, 2.45) is 0 Å². The molecule has 1 unspecified atom stereocenters. The smallest absolute Gasteiger partial charge is 0.338 e. The van der Waals surface area contributed by atoms with Crippen molar-refractivity contribution in [3.8, 4) is 11.5 Å². The fourth-order valence-corrected chi connectivity index (χ4v) is 3.90. The van der Waals surface area contributed by atoms with Gasteiger partial charge in [0.15, 0.2) is 0 Å². The van der Waals surface area contributed by atoms with Crippen LogP contribution < -0.4 is 20.1 Å². The molecule has 1 aliphatic rings. The van der Waals surface area contributed by atoms with Gasteiger partial charge in [0.05, 0.1) is 25.8 Å². The first-order chi connectivity index (χ1) is 14.5. The zero-order chi connectivity index (χ0) is 21.5. The van der Waals surface area contributed by atoms with Crippen molar-refractivity contribution in [3.63, 3.8) is 0 Å². The second-order valence-corrected chi connectivity index (χ2v) is 7.64. The lowest BCUT2D eigenvalue weighted by Crippen LogP contribution is -2.45. The SMILES string of the molecule is COc1ccc(OC)c(C2NC(=O)NC(C)=C2C(=O)OCCSc2ccccc2)c1. The third kappa shape index (κ3) is 5.07. The molecule has 3 rings (SSSR count). The van der Waals surface area contributed by atoms with Crippen LogP contribution in [-0.2, 0) is 9.53 Å². The minimum atomic E-state index is -0.724. The van der Waals surface area contributed by atoms with E-state index in [0.29, 0.717) is 34.1 Å². The molecule has 1 heterocycles. The third-order valence-corrected chi connectivity index (χ3v) is 5.54. The molecular formula is C22H24N2O5S. The number of methoxy groups -OCH3 is 2. The number of amides is 2. The Kier molecular flexibility index (Phi) is 7.24. The second-order valence-electron chi connectivity index (χ2n) is 6.48. The Balaban J connectivity index is 1.77. The van der Waals surface area contributed by atoms with Gasteiger partial charge in [0, 0.05) is 21.9 Å². The molecule has 0 saturated carbocycles. The molecule has 2 aromatic carbocycles. The summed E-state index contributed by atoms with van der Waals surface area (Å²) in [7, 11) is 3.08. The standard InChI is InChI=1S/C22H24N2O5S/c1-14-19(21(25)29-11-12-30-16-7-5-4-6-8-16)20(24-22(26)23-14)17-13-15(27-2)9-10-18(17)28-3/h4-10,13,20H,11-12H2,1-3H3,(H2,23,24,26). The molecule has 0 aliphatic carbocycles. The second kappa shape index (κ2) is 10.1. The summed E-state index contributed by atoms with van der Waals surface area (Å²) in [4.78, 5) is 26.1. The van der Waals surface area contributed by atoms with Crippen LogP contribution in [0.25, 0.3) is 0 Å². The summed E-state index contributed by atoms with van der Waals surface area (Å²) in [5.74, 6) is 1.24. The minimum Gasteiger partial charge on any atom is -0.497 e. The van der Waals surface area contributed by atoms with Crippen molar-refractivity contribution in [1.82, 2.24) is 10.6 Å². The Morgan fingerprint density at radius 3 is 2.57 bits per heavy atom. The molecule has 7 nitrogen and oxygen atoms in total. The lowest BCUT2D eigenvalue weighted by molar-refractivity contribution is -0.138. The van der Waals surface area contributed by atoms with Gasteiger partial charge in [-0.15, -0.1) is 11.8 Å². The molecule has 0 radical (unpaired) electrons. The Bertz CT molecular complexity index is 946. The van der Waals surface area contributed by atoms with Gasteiger partial charge in [0.25, 0.3) is 0 Å². The van der Waals surface area contributed by atoms with Gasteiger partial charge < -0.3 is 24.8 Å². The van der Waals surface area contributed by atoms with E-state index in [1.54, 1.807) is 44.0 Å². The first-order valence-corrected chi connectivity index (χ1v) is 10.4. The van der Waals surface area contributed by atoms with E-state index in [9.17, 15) is 9.59 Å². The van der Waals surface area contributed by atoms with Gasteiger partial charge in [-0.2, -0.15) is 0 Å². The number of thioether (sulfide) groups is 1. The number of urea groups is 1. The molecule has 0 spiro atoms. The number of carbonyl (C=O) groups is 2. The number of carbonyl (C=O) groups excluding carboxylic acids is 2. The summed E-state index contributed by atoms with van der Waals surface area (Å²) >= 11 is 1.60. The van der Waals surface area contributed by atoms with Crippen molar-refractivity contribution in [1.29, 1.82) is 0 Å². The summed E-state index contributed by atoms with van der Waals surface area (Å²) in [5, 5.41) is 5.43. The summed E-state index contributed by atoms with van der Waals surface area (Å²) in [6.45, 7) is 1.92. The fourth-order valence-electron chi connectivity index (χ4n) is 3.15. The van der Waals surface area contributed by atoms with Gasteiger partial charge >= 0.3 is 12.0 Å². The van der Waals surface area contributed by atoms with Crippen LogP contribution in [0.4, 0.5) is 4.79 Å². The molecule has 1 aliphatic heterocycles. The molecule has 8 heteroatoms. The van der Waals surface area contributed by atoms with E-state index in [1.807, 2.05) is 30.3 Å². The third-order valence-electron chi connectivity index (χ3n) is 4.57. The zero-order valence-corrected chi connectivity index (χ0v) is 17.9. The molecule has 158 valence electrons. The molecule has 0 bridgehead atoms. The molecule has 1 atom stereocenters. The summed E-state index contributed by atoms with van der Waals surface area (Å²) in [6, 6.07) is 14.0. The van der Waals surface area contributed by atoms with Crippen LogP contribution in [0, 0.1) is 0 Å². The van der Waals surface area contributed by atoms with Crippen LogP contribution >= 0.6 is 11.8 Å². The number of nitrogens with one attached hydrogen (secondary N) is 2. The molecule has 0 aromatic heterocycles. The lowest BCUT2D eigenvalue weighted by Gasteiger charge is -2.29. The van der Waals surface area contributed by atoms with Crippen LogP contribution in [0.3, 0.4) is 0 Å². The number of hydrogen-bond donors (Lipinski definition) is 2. The summed E-state index contributed by atoms with van der Waals surface area (Å²) in [6.07, 6.45) is 0. The van der Waals surface area contributed by atoms with Crippen molar-refractivity contribution in [3.05, 3.63) is 65.4 Å². The molecular weight excluding hydrogens is 404 g/mol. The molecule has 2 N–H and O–H groups in total. The summed E-state index contributed by atoms with van der Waals surface area (Å²) < 4.78 is 16.2. The maximum absolute atomic E-state index is 12.9. The van der Waals surface area contributed by atoms with Gasteiger partial charge in [-0.05, 0) is 37.3 Å². The number of allylic oxidation sites excluding steroid dienone is 1. The molecule has 2 amide bonds. The predicted octanol–water partition coefficient (Wildman–Crippen LogP) is 3.67. The van der Waals surface area contributed by atoms with Crippen molar-refractivity contribution in [2.45, 2.75) is 17.9 Å². The Morgan fingerprint density at radius 1 is 1.10 bits per heavy atom. The van der Waals surface area contributed by atoms with Crippen LogP contribution in [0.1, 0.15) is 18.5 Å². The van der Waals surface area contributed by atoms with Gasteiger partial charge in [0.2, 0.25) is 0 Å². The van der Waals surface area contributed by atoms with E-state index in [2.05, 4.69) is 10.6 Å². The Hall–Kier alpha value is -3.13. The predicted molar refractivity (Wildman–Crippen MR) is 115 cm³/mol. The molecule has 2 aromatic rings.